The highest BCUT2D eigenvalue weighted by Crippen LogP contribution is 2.24. The minimum Gasteiger partial charge on any atom is -0.497 e. The van der Waals surface area contributed by atoms with Gasteiger partial charge < -0.3 is 19.7 Å². The van der Waals surface area contributed by atoms with Crippen LogP contribution in [0.25, 0.3) is 0 Å². The van der Waals surface area contributed by atoms with Crippen LogP contribution in [0.2, 0.25) is 0 Å². The topological polar surface area (TPSA) is 46.1 Å². The number of nitrogens with zero attached hydrogens (tertiary/aromatic N) is 2. The minimum absolute atomic E-state index is 0.00373. The van der Waals surface area contributed by atoms with Crippen molar-refractivity contribution in [1.29, 1.82) is 0 Å². The molecule has 1 saturated heterocycles. The molecule has 146 valence electrons. The van der Waals surface area contributed by atoms with E-state index in [4.69, 9.17) is 9.47 Å². The second kappa shape index (κ2) is 9.81. The Hall–Kier alpha value is -1.75. The average Bonchev–Trinajstić information content (AvgIpc) is 2.67. The van der Waals surface area contributed by atoms with Gasteiger partial charge in [-0.05, 0) is 42.9 Å². The number of aliphatic imine (C=N–C) groups is 1. The summed E-state index contributed by atoms with van der Waals surface area (Å²) in [6, 6.07) is 8.31. The molecule has 0 atom stereocenters. The second-order valence-electron chi connectivity index (χ2n) is 7.78. The van der Waals surface area contributed by atoms with Crippen molar-refractivity contribution in [1.82, 2.24) is 10.2 Å². The van der Waals surface area contributed by atoms with Crippen LogP contribution >= 0.6 is 0 Å². The molecule has 0 amide bonds. The van der Waals surface area contributed by atoms with Crippen LogP contribution < -0.4 is 10.1 Å². The zero-order valence-electron chi connectivity index (χ0n) is 17.0. The van der Waals surface area contributed by atoms with Crippen molar-refractivity contribution in [3.05, 3.63) is 29.8 Å². The number of benzene rings is 1. The molecule has 0 aromatic heterocycles. The van der Waals surface area contributed by atoms with E-state index in [2.05, 4.69) is 48.2 Å². The third-order valence-corrected chi connectivity index (χ3v) is 5.35. The first kappa shape index (κ1) is 20.6. The number of methoxy groups -OCH3 is 1. The van der Waals surface area contributed by atoms with Crippen molar-refractivity contribution in [3.63, 3.8) is 0 Å². The maximum atomic E-state index is 5.45. The molecule has 1 N–H and O–H groups in total. The molecular weight excluding hydrogens is 326 g/mol. The Labute approximate surface area is 158 Å². The summed E-state index contributed by atoms with van der Waals surface area (Å²) >= 11 is 0. The highest BCUT2D eigenvalue weighted by Gasteiger charge is 2.22. The lowest BCUT2D eigenvalue weighted by Crippen LogP contribution is -2.44. The lowest BCUT2D eigenvalue weighted by molar-refractivity contribution is 0.0625. The first-order valence-electron chi connectivity index (χ1n) is 9.60. The van der Waals surface area contributed by atoms with E-state index in [9.17, 15) is 0 Å². The third kappa shape index (κ3) is 5.90. The predicted molar refractivity (Wildman–Crippen MR) is 108 cm³/mol. The van der Waals surface area contributed by atoms with Crippen molar-refractivity contribution >= 4 is 5.96 Å². The number of hydrogen-bond donors (Lipinski definition) is 1. The molecule has 1 heterocycles. The Bertz CT molecular complexity index is 563. The van der Waals surface area contributed by atoms with Crippen molar-refractivity contribution < 1.29 is 9.47 Å². The standard InChI is InChI=1S/C21H35N3O2/c1-21(2,18-6-8-19(25-5)9-7-18)16-23-20(22-3)24(4)13-10-17-11-14-26-15-12-17/h6-9,17H,10-16H2,1-5H3,(H,22,23). The zero-order chi connectivity index (χ0) is 19.0. The average molecular weight is 362 g/mol. The van der Waals surface area contributed by atoms with E-state index in [1.807, 2.05) is 19.2 Å². The fourth-order valence-electron chi connectivity index (χ4n) is 3.35. The maximum Gasteiger partial charge on any atom is 0.193 e. The van der Waals surface area contributed by atoms with Gasteiger partial charge in [-0.25, -0.2) is 0 Å². The molecule has 0 bridgehead atoms. The number of rotatable bonds is 7. The first-order chi connectivity index (χ1) is 12.5. The van der Waals surface area contributed by atoms with Gasteiger partial charge in [0.1, 0.15) is 5.75 Å². The van der Waals surface area contributed by atoms with Crippen LogP contribution in [0.1, 0.15) is 38.7 Å². The molecule has 0 saturated carbocycles. The van der Waals surface area contributed by atoms with Crippen molar-refractivity contribution in [2.24, 2.45) is 10.9 Å². The third-order valence-electron chi connectivity index (χ3n) is 5.35. The van der Waals surface area contributed by atoms with Gasteiger partial charge in [0, 0.05) is 45.8 Å². The van der Waals surface area contributed by atoms with Crippen LogP contribution in [-0.2, 0) is 10.2 Å². The summed E-state index contributed by atoms with van der Waals surface area (Å²) in [5, 5.41) is 3.54. The molecule has 5 heteroatoms. The zero-order valence-corrected chi connectivity index (χ0v) is 17.0. The molecule has 2 rings (SSSR count). The molecule has 1 fully saturated rings. The van der Waals surface area contributed by atoms with Crippen LogP contribution in [0.4, 0.5) is 0 Å². The number of nitrogens with one attached hydrogen (secondary N) is 1. The van der Waals surface area contributed by atoms with E-state index < -0.39 is 0 Å². The highest BCUT2D eigenvalue weighted by molar-refractivity contribution is 5.79. The van der Waals surface area contributed by atoms with Crippen molar-refractivity contribution in [2.75, 3.05) is 47.5 Å². The van der Waals surface area contributed by atoms with Gasteiger partial charge in [0.15, 0.2) is 5.96 Å². The van der Waals surface area contributed by atoms with Crippen LogP contribution in [0.3, 0.4) is 0 Å². The maximum absolute atomic E-state index is 5.45. The lowest BCUT2D eigenvalue weighted by Gasteiger charge is -2.30. The van der Waals surface area contributed by atoms with Crippen LogP contribution in [0, 0.1) is 5.92 Å². The smallest absolute Gasteiger partial charge is 0.193 e. The van der Waals surface area contributed by atoms with Gasteiger partial charge in [-0.1, -0.05) is 26.0 Å². The van der Waals surface area contributed by atoms with Gasteiger partial charge in [0.25, 0.3) is 0 Å². The second-order valence-corrected chi connectivity index (χ2v) is 7.78. The van der Waals surface area contributed by atoms with Crippen molar-refractivity contribution in [3.8, 4) is 5.75 Å². The van der Waals surface area contributed by atoms with E-state index in [1.165, 1.54) is 24.8 Å². The summed E-state index contributed by atoms with van der Waals surface area (Å²) in [4.78, 5) is 6.70. The molecule has 0 radical (unpaired) electrons. The van der Waals surface area contributed by atoms with E-state index in [1.54, 1.807) is 7.11 Å². The van der Waals surface area contributed by atoms with E-state index in [0.29, 0.717) is 0 Å². The largest absolute Gasteiger partial charge is 0.497 e. The van der Waals surface area contributed by atoms with E-state index >= 15 is 0 Å². The summed E-state index contributed by atoms with van der Waals surface area (Å²) in [5.41, 5.74) is 1.29. The van der Waals surface area contributed by atoms with Gasteiger partial charge in [-0.15, -0.1) is 0 Å². The molecule has 1 aromatic rings. The van der Waals surface area contributed by atoms with Crippen molar-refractivity contribution in [2.45, 2.75) is 38.5 Å². The number of hydrogen-bond acceptors (Lipinski definition) is 3. The fourth-order valence-corrected chi connectivity index (χ4v) is 3.35. The number of guanidine groups is 1. The van der Waals surface area contributed by atoms with Crippen LogP contribution in [0.5, 0.6) is 5.75 Å². The quantitative estimate of drug-likeness (QED) is 0.598. The normalized spacial score (nSPS) is 16.4. The Morgan fingerprint density at radius 2 is 1.92 bits per heavy atom. The van der Waals surface area contributed by atoms with Gasteiger partial charge in [0.2, 0.25) is 0 Å². The van der Waals surface area contributed by atoms with Gasteiger partial charge in [-0.3, -0.25) is 4.99 Å². The minimum atomic E-state index is 0.00373. The lowest BCUT2D eigenvalue weighted by atomic mass is 9.84. The first-order valence-corrected chi connectivity index (χ1v) is 9.60. The van der Waals surface area contributed by atoms with E-state index in [-0.39, 0.29) is 5.41 Å². The van der Waals surface area contributed by atoms with Crippen LogP contribution in [0.15, 0.2) is 29.3 Å². The van der Waals surface area contributed by atoms with Crippen LogP contribution in [-0.4, -0.2) is 58.4 Å². The summed E-state index contributed by atoms with van der Waals surface area (Å²) in [7, 11) is 5.67. The molecule has 5 nitrogen and oxygen atoms in total. The molecule has 0 unspecified atom stereocenters. The molecule has 0 aliphatic carbocycles. The van der Waals surface area contributed by atoms with Gasteiger partial charge in [0.05, 0.1) is 7.11 Å². The van der Waals surface area contributed by atoms with E-state index in [0.717, 1.165) is 43.9 Å². The predicted octanol–water partition coefficient (Wildman–Crippen LogP) is 3.30. The Morgan fingerprint density at radius 3 is 2.50 bits per heavy atom. The number of ether oxygens (including phenoxy) is 2. The Kier molecular flexibility index (Phi) is 7.76. The molecule has 1 aromatic carbocycles. The van der Waals surface area contributed by atoms with Gasteiger partial charge in [-0.2, -0.15) is 0 Å². The summed E-state index contributed by atoms with van der Waals surface area (Å²) < 4.78 is 10.7. The molecule has 1 aliphatic heterocycles. The summed E-state index contributed by atoms with van der Waals surface area (Å²) in [6.45, 7) is 8.17. The SMILES string of the molecule is CN=C(NCC(C)(C)c1ccc(OC)cc1)N(C)CCC1CCOCC1. The monoisotopic (exact) mass is 361 g/mol. The Morgan fingerprint density at radius 1 is 1.27 bits per heavy atom. The molecule has 0 spiro atoms. The highest BCUT2D eigenvalue weighted by atomic mass is 16.5. The Balaban J connectivity index is 1.85. The fraction of sp³-hybridized carbons (Fsp3) is 0.667. The summed E-state index contributed by atoms with van der Waals surface area (Å²) in [6.07, 6.45) is 3.57. The summed E-state index contributed by atoms with van der Waals surface area (Å²) in [5.74, 6) is 2.62. The molecule has 26 heavy (non-hydrogen) atoms. The van der Waals surface area contributed by atoms with Gasteiger partial charge >= 0.3 is 0 Å². The molecular formula is C21H35N3O2. The molecule has 1 aliphatic rings.